The van der Waals surface area contributed by atoms with E-state index in [1.165, 1.54) is 54.6 Å². The van der Waals surface area contributed by atoms with Crippen LogP contribution in [0.1, 0.15) is 5.56 Å². The van der Waals surface area contributed by atoms with Crippen LogP contribution in [0.2, 0.25) is 0 Å². The third-order valence-corrected chi connectivity index (χ3v) is 6.65. The first kappa shape index (κ1) is 29.6. The van der Waals surface area contributed by atoms with E-state index in [1.807, 2.05) is 0 Å². The number of fused-ring (bicyclic) bond motifs is 1. The zero-order valence-electron chi connectivity index (χ0n) is 22.1. The van der Waals surface area contributed by atoms with Crippen LogP contribution in [0.15, 0.2) is 76.0 Å². The maximum atomic E-state index is 12.8. The van der Waals surface area contributed by atoms with Crippen molar-refractivity contribution in [3.63, 3.8) is 0 Å². The lowest BCUT2D eigenvalue weighted by Crippen LogP contribution is -2.60. The highest BCUT2D eigenvalue weighted by molar-refractivity contribution is 5.89. The first-order valence-electron chi connectivity index (χ1n) is 12.8. The lowest BCUT2D eigenvalue weighted by molar-refractivity contribution is -0.277. The molecule has 43 heavy (non-hydrogen) atoms. The van der Waals surface area contributed by atoms with Crippen LogP contribution in [0.5, 0.6) is 28.7 Å². The quantitative estimate of drug-likeness (QED) is 0.0697. The van der Waals surface area contributed by atoms with Gasteiger partial charge in [0, 0.05) is 29.8 Å². The van der Waals surface area contributed by atoms with Gasteiger partial charge in [0.25, 0.3) is 0 Å². The Kier molecular flexibility index (Phi) is 8.34. The van der Waals surface area contributed by atoms with Gasteiger partial charge in [-0.3, -0.25) is 4.79 Å². The van der Waals surface area contributed by atoms with Crippen molar-refractivity contribution < 1.29 is 59.2 Å². The van der Waals surface area contributed by atoms with Gasteiger partial charge in [-0.15, -0.1) is 0 Å². The molecule has 0 saturated carbocycles. The molecule has 13 nitrogen and oxygen atoms in total. The number of benzene rings is 3. The molecular formula is C30H26O13. The van der Waals surface area contributed by atoms with Crippen molar-refractivity contribution in [3.8, 4) is 40.1 Å². The summed E-state index contributed by atoms with van der Waals surface area (Å²) in [6.07, 6.45) is -5.17. The molecule has 0 unspecified atom stereocenters. The van der Waals surface area contributed by atoms with E-state index in [9.17, 15) is 45.3 Å². The Morgan fingerprint density at radius 2 is 1.58 bits per heavy atom. The van der Waals surface area contributed by atoms with Gasteiger partial charge in [0.1, 0.15) is 58.4 Å². The van der Waals surface area contributed by atoms with E-state index in [0.717, 1.165) is 18.2 Å². The predicted octanol–water partition coefficient (Wildman–Crippen LogP) is 1.37. The number of phenols is 3. The highest BCUT2D eigenvalue weighted by Crippen LogP contribution is 2.33. The molecular weight excluding hydrogens is 568 g/mol. The van der Waals surface area contributed by atoms with Crippen LogP contribution in [0.25, 0.3) is 28.4 Å². The molecule has 224 valence electrons. The molecule has 0 bridgehead atoms. The molecule has 7 N–H and O–H groups in total. The largest absolute Gasteiger partial charge is 0.507 e. The summed E-state index contributed by atoms with van der Waals surface area (Å²) in [5.41, 5.74) is 0.229. The van der Waals surface area contributed by atoms with Crippen LogP contribution < -0.4 is 14.9 Å². The van der Waals surface area contributed by atoms with Crippen LogP contribution in [0.4, 0.5) is 0 Å². The Balaban J connectivity index is 1.33. The summed E-state index contributed by atoms with van der Waals surface area (Å²) >= 11 is 0. The molecule has 5 rings (SSSR count). The predicted molar refractivity (Wildman–Crippen MR) is 148 cm³/mol. The zero-order chi connectivity index (χ0) is 30.8. The third kappa shape index (κ3) is 6.30. The molecule has 5 atom stereocenters. The summed E-state index contributed by atoms with van der Waals surface area (Å²) in [5, 5.41) is 68.9. The molecule has 1 aliphatic heterocycles. The maximum absolute atomic E-state index is 12.8. The van der Waals surface area contributed by atoms with E-state index >= 15 is 0 Å². The van der Waals surface area contributed by atoms with Crippen molar-refractivity contribution in [2.75, 3.05) is 6.61 Å². The van der Waals surface area contributed by atoms with Crippen molar-refractivity contribution >= 4 is 23.0 Å². The summed E-state index contributed by atoms with van der Waals surface area (Å²) in [7, 11) is 0. The summed E-state index contributed by atoms with van der Waals surface area (Å²) < 4.78 is 22.0. The van der Waals surface area contributed by atoms with Gasteiger partial charge in [0.2, 0.25) is 6.29 Å². The third-order valence-electron chi connectivity index (χ3n) is 6.65. The Hall–Kier alpha value is -4.92. The van der Waals surface area contributed by atoms with E-state index in [-0.39, 0.29) is 39.7 Å². The highest BCUT2D eigenvalue weighted by Gasteiger charge is 2.44. The molecule has 0 radical (unpaired) electrons. The number of esters is 1. The van der Waals surface area contributed by atoms with Crippen LogP contribution in [0, 0.1) is 0 Å². The van der Waals surface area contributed by atoms with E-state index in [2.05, 4.69) is 0 Å². The van der Waals surface area contributed by atoms with E-state index in [0.29, 0.717) is 11.1 Å². The monoisotopic (exact) mass is 594 g/mol. The van der Waals surface area contributed by atoms with Gasteiger partial charge in [0.05, 0.1) is 6.61 Å². The number of ether oxygens (including phenoxy) is 3. The second-order valence-electron chi connectivity index (χ2n) is 9.63. The van der Waals surface area contributed by atoms with Gasteiger partial charge in [-0.2, -0.15) is 0 Å². The van der Waals surface area contributed by atoms with E-state index in [4.69, 9.17) is 18.6 Å². The minimum atomic E-state index is -1.70. The molecule has 0 aliphatic carbocycles. The van der Waals surface area contributed by atoms with Crippen LogP contribution in [0.3, 0.4) is 0 Å². The van der Waals surface area contributed by atoms with Crippen molar-refractivity contribution in [1.82, 2.24) is 0 Å². The Morgan fingerprint density at radius 1 is 0.837 bits per heavy atom. The van der Waals surface area contributed by atoms with Gasteiger partial charge in [0.15, 0.2) is 16.9 Å². The van der Waals surface area contributed by atoms with Crippen molar-refractivity contribution in [1.29, 1.82) is 0 Å². The second kappa shape index (κ2) is 12.1. The molecule has 4 aromatic rings. The van der Waals surface area contributed by atoms with Gasteiger partial charge < -0.3 is 54.4 Å². The van der Waals surface area contributed by atoms with Crippen molar-refractivity contribution in [3.05, 3.63) is 82.5 Å². The Labute approximate surface area is 242 Å². The van der Waals surface area contributed by atoms with Gasteiger partial charge in [-0.05, 0) is 48.0 Å². The number of carbonyl (C=O) groups excluding carboxylic acids is 1. The van der Waals surface area contributed by atoms with Gasteiger partial charge in [-0.25, -0.2) is 4.79 Å². The molecule has 1 saturated heterocycles. The summed E-state index contributed by atoms with van der Waals surface area (Å²) in [5.74, 6) is -1.64. The first-order valence-corrected chi connectivity index (χ1v) is 12.8. The summed E-state index contributed by atoms with van der Waals surface area (Å²) in [6, 6.07) is 13.5. The lowest BCUT2D eigenvalue weighted by Gasteiger charge is -2.39. The van der Waals surface area contributed by atoms with Crippen molar-refractivity contribution in [2.24, 2.45) is 0 Å². The molecule has 0 amide bonds. The molecule has 1 aromatic heterocycles. The summed E-state index contributed by atoms with van der Waals surface area (Å²) in [4.78, 5) is 25.0. The first-order chi connectivity index (χ1) is 20.5. The fourth-order valence-electron chi connectivity index (χ4n) is 4.40. The fourth-order valence-corrected chi connectivity index (χ4v) is 4.40. The average Bonchev–Trinajstić information content (AvgIpc) is 2.98. The molecule has 13 heteroatoms. The minimum Gasteiger partial charge on any atom is -0.507 e. The zero-order valence-corrected chi connectivity index (χ0v) is 22.1. The average molecular weight is 595 g/mol. The number of aliphatic hydroxyl groups is 4. The number of rotatable bonds is 7. The molecule has 1 fully saturated rings. The maximum Gasteiger partial charge on any atom is 0.336 e. The minimum absolute atomic E-state index is 0.0806. The molecule has 1 aliphatic rings. The molecule has 3 aromatic carbocycles. The number of hydrogen-bond donors (Lipinski definition) is 7. The highest BCUT2D eigenvalue weighted by atomic mass is 16.7. The summed E-state index contributed by atoms with van der Waals surface area (Å²) in [6.45, 7) is -0.661. The number of aliphatic hydroxyl groups excluding tert-OH is 4. The Morgan fingerprint density at radius 3 is 2.28 bits per heavy atom. The standard InChI is InChI=1S/C30H26O13/c31-13-24-27(37)28(38)29(39)30(43-24)41-17-10-20(34)26-21(35)12-22(42-23(26)11-17)15-3-5-16(6-4-15)40-25(36)8-2-14-1-7-18(32)19(33)9-14/h1-12,24,27-34,37-39H,13H2/b8-2+/t24-,27+,28-,29+,30+/m0/s1. The SMILES string of the molecule is O=C(/C=C/c1ccc(O)c(O)c1)Oc1ccc(-c2cc(=O)c3c(O)cc(O[C@@H]4O[C@@H](CO)[C@@H](O)[C@H](O)[C@H]4O)cc3o2)cc1. The van der Waals surface area contributed by atoms with Crippen LogP contribution in [-0.4, -0.2) is 79.0 Å². The number of hydrogen-bond acceptors (Lipinski definition) is 13. The topological polar surface area (TPSA) is 217 Å². The van der Waals surface area contributed by atoms with Gasteiger partial charge in [-0.1, -0.05) is 6.07 Å². The number of phenolic OH excluding ortho intramolecular Hbond substituents is 3. The second-order valence-corrected chi connectivity index (χ2v) is 9.63. The van der Waals surface area contributed by atoms with E-state index in [1.54, 1.807) is 0 Å². The van der Waals surface area contributed by atoms with Crippen molar-refractivity contribution in [2.45, 2.75) is 30.7 Å². The molecule has 0 spiro atoms. The fraction of sp³-hybridized carbons (Fsp3) is 0.200. The smallest absolute Gasteiger partial charge is 0.336 e. The Bertz CT molecular complexity index is 1730. The normalized spacial score (nSPS) is 22.1. The van der Waals surface area contributed by atoms with Gasteiger partial charge >= 0.3 is 5.97 Å². The van der Waals surface area contributed by atoms with Crippen LogP contribution in [-0.2, 0) is 9.53 Å². The lowest BCUT2D eigenvalue weighted by atomic mass is 9.99. The van der Waals surface area contributed by atoms with E-state index < -0.39 is 54.5 Å². The van der Waals surface area contributed by atoms with Crippen LogP contribution >= 0.6 is 0 Å². The number of carbonyl (C=O) groups is 1. The number of aromatic hydroxyl groups is 3. The molecule has 2 heterocycles.